The van der Waals surface area contributed by atoms with Crippen LogP contribution in [-0.4, -0.2) is 24.4 Å². The molecule has 0 bridgehead atoms. The van der Waals surface area contributed by atoms with Crippen LogP contribution in [0.5, 0.6) is 11.5 Å². The van der Waals surface area contributed by atoms with E-state index in [9.17, 15) is 0 Å². The van der Waals surface area contributed by atoms with E-state index in [-0.39, 0.29) is 6.61 Å². The van der Waals surface area contributed by atoms with E-state index < -0.39 is 6.10 Å². The van der Waals surface area contributed by atoms with Crippen LogP contribution in [0.3, 0.4) is 0 Å². The lowest BCUT2D eigenvalue weighted by Crippen LogP contribution is -2.13. The Morgan fingerprint density at radius 2 is 2.06 bits per heavy atom. The van der Waals surface area contributed by atoms with Gasteiger partial charge in [0.2, 0.25) is 0 Å². The van der Waals surface area contributed by atoms with E-state index in [2.05, 4.69) is 0 Å². The van der Waals surface area contributed by atoms with Gasteiger partial charge in [-0.15, -0.1) is 0 Å². The Kier molecular flexibility index (Phi) is 5.08. The molecule has 0 spiro atoms. The van der Waals surface area contributed by atoms with Crippen molar-refractivity contribution in [3.8, 4) is 11.5 Å². The number of aliphatic hydroxyl groups excluding tert-OH is 1. The van der Waals surface area contributed by atoms with Gasteiger partial charge in [0.25, 0.3) is 0 Å². The lowest BCUT2D eigenvalue weighted by molar-refractivity contribution is 0.120. The molecule has 0 heterocycles. The lowest BCUT2D eigenvalue weighted by Gasteiger charge is -2.13. The zero-order chi connectivity index (χ0) is 12.0. The van der Waals surface area contributed by atoms with Crippen LogP contribution in [0.4, 0.5) is 0 Å². The van der Waals surface area contributed by atoms with Crippen LogP contribution in [0, 0.1) is 0 Å². The molecule has 1 aromatic rings. The number of ether oxygens (including phenoxy) is 2. The zero-order valence-corrected chi connectivity index (χ0v) is 9.77. The Hall–Kier alpha value is -1.26. The summed E-state index contributed by atoms with van der Waals surface area (Å²) in [6.45, 7) is 4.88. The third-order valence-electron chi connectivity index (χ3n) is 2.02. The first-order chi connectivity index (χ1) is 7.67. The highest BCUT2D eigenvalue weighted by Crippen LogP contribution is 2.28. The number of benzene rings is 1. The Morgan fingerprint density at radius 3 is 2.62 bits per heavy atom. The van der Waals surface area contributed by atoms with Gasteiger partial charge in [-0.1, -0.05) is 6.07 Å². The van der Waals surface area contributed by atoms with Crippen LogP contribution in [0.1, 0.15) is 19.4 Å². The fourth-order valence-electron chi connectivity index (χ4n) is 1.28. The van der Waals surface area contributed by atoms with Gasteiger partial charge in [0.15, 0.2) is 11.5 Å². The fraction of sp³-hybridized carbons (Fsp3) is 0.500. The summed E-state index contributed by atoms with van der Waals surface area (Å²) in [5.41, 5.74) is 6.54. The summed E-state index contributed by atoms with van der Waals surface area (Å²) < 4.78 is 10.9. The first-order valence-corrected chi connectivity index (χ1v) is 5.44. The van der Waals surface area contributed by atoms with Gasteiger partial charge in [0.05, 0.1) is 12.7 Å². The summed E-state index contributed by atoms with van der Waals surface area (Å²) in [5, 5.41) is 9.15. The van der Waals surface area contributed by atoms with Crippen molar-refractivity contribution < 1.29 is 14.6 Å². The third kappa shape index (κ3) is 3.72. The minimum atomic E-state index is -0.497. The summed E-state index contributed by atoms with van der Waals surface area (Å²) in [6, 6.07) is 5.57. The molecule has 1 atom stereocenters. The minimum Gasteiger partial charge on any atom is -0.490 e. The molecular formula is C12H19NO3. The third-order valence-corrected chi connectivity index (χ3v) is 2.02. The van der Waals surface area contributed by atoms with Gasteiger partial charge < -0.3 is 20.3 Å². The molecule has 0 saturated heterocycles. The van der Waals surface area contributed by atoms with Crippen molar-refractivity contribution in [3.05, 3.63) is 23.8 Å². The quantitative estimate of drug-likeness (QED) is 0.766. The summed E-state index contributed by atoms with van der Waals surface area (Å²) in [4.78, 5) is 0. The van der Waals surface area contributed by atoms with Gasteiger partial charge in [-0.2, -0.15) is 0 Å². The van der Waals surface area contributed by atoms with Crippen molar-refractivity contribution in [1.29, 1.82) is 0 Å². The highest BCUT2D eigenvalue weighted by atomic mass is 16.5. The molecule has 0 aliphatic carbocycles. The SMILES string of the molecule is CCOc1cc(CN)ccc1OCC(C)O. The van der Waals surface area contributed by atoms with Crippen molar-refractivity contribution in [2.75, 3.05) is 13.2 Å². The van der Waals surface area contributed by atoms with E-state index in [4.69, 9.17) is 20.3 Å². The Bertz CT molecular complexity index is 326. The van der Waals surface area contributed by atoms with Crippen LogP contribution in [0.25, 0.3) is 0 Å². The Labute approximate surface area is 96.0 Å². The molecule has 0 aliphatic rings. The number of rotatable bonds is 6. The molecule has 0 aromatic heterocycles. The Balaban J connectivity index is 2.80. The summed E-state index contributed by atoms with van der Waals surface area (Å²) >= 11 is 0. The van der Waals surface area contributed by atoms with E-state index in [1.165, 1.54) is 0 Å². The van der Waals surface area contributed by atoms with E-state index in [0.717, 1.165) is 5.56 Å². The normalized spacial score (nSPS) is 12.2. The number of nitrogens with two attached hydrogens (primary N) is 1. The molecule has 4 heteroatoms. The maximum atomic E-state index is 9.15. The highest BCUT2D eigenvalue weighted by Gasteiger charge is 2.07. The second-order valence-corrected chi connectivity index (χ2v) is 3.58. The van der Waals surface area contributed by atoms with Gasteiger partial charge in [-0.05, 0) is 31.5 Å². The van der Waals surface area contributed by atoms with Crippen molar-refractivity contribution >= 4 is 0 Å². The zero-order valence-electron chi connectivity index (χ0n) is 9.77. The van der Waals surface area contributed by atoms with E-state index in [0.29, 0.717) is 24.7 Å². The monoisotopic (exact) mass is 225 g/mol. The topological polar surface area (TPSA) is 64.7 Å². The second kappa shape index (κ2) is 6.35. The second-order valence-electron chi connectivity index (χ2n) is 3.58. The van der Waals surface area contributed by atoms with Crippen molar-refractivity contribution in [2.24, 2.45) is 5.73 Å². The van der Waals surface area contributed by atoms with Gasteiger partial charge in [0.1, 0.15) is 6.61 Å². The highest BCUT2D eigenvalue weighted by molar-refractivity contribution is 5.43. The minimum absolute atomic E-state index is 0.252. The van der Waals surface area contributed by atoms with E-state index in [1.807, 2.05) is 25.1 Å². The molecule has 3 N–H and O–H groups in total. The standard InChI is InChI=1S/C12H19NO3/c1-3-15-12-6-10(7-13)4-5-11(12)16-8-9(2)14/h4-6,9,14H,3,7-8,13H2,1-2H3. The molecule has 1 aromatic carbocycles. The van der Waals surface area contributed by atoms with Gasteiger partial charge >= 0.3 is 0 Å². The lowest BCUT2D eigenvalue weighted by atomic mass is 10.2. The molecule has 0 aliphatic heterocycles. The molecule has 4 nitrogen and oxygen atoms in total. The van der Waals surface area contributed by atoms with Gasteiger partial charge in [-0.3, -0.25) is 0 Å². The van der Waals surface area contributed by atoms with Crippen LogP contribution < -0.4 is 15.2 Å². The fourth-order valence-corrected chi connectivity index (χ4v) is 1.28. The van der Waals surface area contributed by atoms with E-state index >= 15 is 0 Å². The summed E-state index contributed by atoms with van der Waals surface area (Å²) in [6.07, 6.45) is -0.497. The molecule has 0 radical (unpaired) electrons. The van der Waals surface area contributed by atoms with Gasteiger partial charge in [0, 0.05) is 6.54 Å². The van der Waals surface area contributed by atoms with E-state index in [1.54, 1.807) is 6.92 Å². The molecule has 0 saturated carbocycles. The predicted molar refractivity (Wildman–Crippen MR) is 62.7 cm³/mol. The van der Waals surface area contributed by atoms with Gasteiger partial charge in [-0.25, -0.2) is 0 Å². The number of hydrogen-bond donors (Lipinski definition) is 2. The van der Waals surface area contributed by atoms with Crippen LogP contribution >= 0.6 is 0 Å². The van der Waals surface area contributed by atoms with Crippen LogP contribution in [0.2, 0.25) is 0 Å². The number of hydrogen-bond acceptors (Lipinski definition) is 4. The maximum absolute atomic E-state index is 9.15. The van der Waals surface area contributed by atoms with Crippen molar-refractivity contribution in [2.45, 2.75) is 26.5 Å². The first kappa shape index (κ1) is 12.8. The number of aliphatic hydroxyl groups is 1. The average molecular weight is 225 g/mol. The molecule has 0 fully saturated rings. The van der Waals surface area contributed by atoms with Crippen LogP contribution in [0.15, 0.2) is 18.2 Å². The maximum Gasteiger partial charge on any atom is 0.161 e. The molecule has 1 rings (SSSR count). The van der Waals surface area contributed by atoms with Crippen molar-refractivity contribution in [3.63, 3.8) is 0 Å². The van der Waals surface area contributed by atoms with Crippen molar-refractivity contribution in [1.82, 2.24) is 0 Å². The van der Waals surface area contributed by atoms with Crippen LogP contribution in [-0.2, 0) is 6.54 Å². The molecular weight excluding hydrogens is 206 g/mol. The smallest absolute Gasteiger partial charge is 0.161 e. The molecule has 16 heavy (non-hydrogen) atoms. The molecule has 90 valence electrons. The predicted octanol–water partition coefficient (Wildman–Crippen LogP) is 1.30. The molecule has 1 unspecified atom stereocenters. The first-order valence-electron chi connectivity index (χ1n) is 5.44. The summed E-state index contributed by atoms with van der Waals surface area (Å²) in [7, 11) is 0. The summed E-state index contributed by atoms with van der Waals surface area (Å²) in [5.74, 6) is 1.31. The molecule has 0 amide bonds. The Morgan fingerprint density at radius 1 is 1.31 bits per heavy atom. The largest absolute Gasteiger partial charge is 0.490 e. The average Bonchev–Trinajstić information content (AvgIpc) is 2.27.